The van der Waals surface area contributed by atoms with Crippen LogP contribution in [0.1, 0.15) is 11.3 Å². The highest BCUT2D eigenvalue weighted by Gasteiger charge is 2.32. The quantitative estimate of drug-likeness (QED) is 0.736. The van der Waals surface area contributed by atoms with Crippen LogP contribution in [0.15, 0.2) is 30.6 Å². The fourth-order valence-electron chi connectivity index (χ4n) is 2.05. The molecule has 0 unspecified atom stereocenters. The monoisotopic (exact) mass is 303 g/mol. The summed E-state index contributed by atoms with van der Waals surface area (Å²) in [6.07, 6.45) is -3.20. The van der Waals surface area contributed by atoms with Gasteiger partial charge in [0.15, 0.2) is 0 Å². The lowest BCUT2D eigenvalue weighted by atomic mass is 9.90. The Morgan fingerprint density at radius 2 is 2.00 bits per heavy atom. The molecule has 0 aliphatic rings. The Bertz CT molecular complexity index is 843. The van der Waals surface area contributed by atoms with E-state index in [1.54, 1.807) is 13.0 Å². The lowest BCUT2D eigenvalue weighted by molar-refractivity contribution is -0.136. The van der Waals surface area contributed by atoms with Gasteiger partial charge in [-0.3, -0.25) is 0 Å². The van der Waals surface area contributed by atoms with Gasteiger partial charge < -0.3 is 5.32 Å². The van der Waals surface area contributed by atoms with Gasteiger partial charge in [-0.1, -0.05) is 11.5 Å². The smallest absolute Gasteiger partial charge is 0.340 e. The molecular weight excluding hydrogens is 294 g/mol. The molecule has 9 heteroatoms. The summed E-state index contributed by atoms with van der Waals surface area (Å²) in [5.41, 5.74) is -0.314. The molecule has 2 radical (unpaired) electrons. The Balaban J connectivity index is 2.04. The fourth-order valence-corrected chi connectivity index (χ4v) is 2.05. The standard InChI is InChI=1S/C13H9BF3N5/c1-7-4-11(22-12(20-7)18-6-19-22)21-8-2-3-10(14)9(5-8)13(15,16)17/h2-6,21H,1H3. The highest BCUT2D eigenvalue weighted by Crippen LogP contribution is 2.30. The molecule has 1 N–H and O–H groups in total. The molecule has 2 aromatic heterocycles. The van der Waals surface area contributed by atoms with Gasteiger partial charge in [0.25, 0.3) is 5.78 Å². The van der Waals surface area contributed by atoms with E-state index < -0.39 is 11.7 Å². The van der Waals surface area contributed by atoms with Gasteiger partial charge in [-0.15, -0.1) is 0 Å². The minimum atomic E-state index is -4.52. The molecule has 0 saturated heterocycles. The summed E-state index contributed by atoms with van der Waals surface area (Å²) < 4.78 is 40.1. The second-order valence-corrected chi connectivity index (χ2v) is 4.68. The van der Waals surface area contributed by atoms with Gasteiger partial charge in [-0.25, -0.2) is 4.98 Å². The largest absolute Gasteiger partial charge is 0.415 e. The maximum atomic E-state index is 12.9. The number of rotatable bonds is 2. The molecule has 0 saturated carbocycles. The molecule has 3 aromatic rings. The van der Waals surface area contributed by atoms with Gasteiger partial charge >= 0.3 is 6.18 Å². The Hall–Kier alpha value is -2.58. The maximum Gasteiger partial charge on any atom is 0.415 e. The number of nitrogens with one attached hydrogen (secondary N) is 1. The predicted molar refractivity (Wildman–Crippen MR) is 75.6 cm³/mol. The second-order valence-electron chi connectivity index (χ2n) is 4.68. The first-order valence-corrected chi connectivity index (χ1v) is 6.26. The first kappa shape index (κ1) is 14.4. The topological polar surface area (TPSA) is 55.1 Å². The Morgan fingerprint density at radius 3 is 2.73 bits per heavy atom. The van der Waals surface area contributed by atoms with Crippen LogP contribution in [0.4, 0.5) is 24.7 Å². The van der Waals surface area contributed by atoms with Crippen molar-refractivity contribution in [2.75, 3.05) is 5.32 Å². The van der Waals surface area contributed by atoms with E-state index in [-0.39, 0.29) is 11.2 Å². The van der Waals surface area contributed by atoms with E-state index in [9.17, 15) is 13.2 Å². The van der Waals surface area contributed by atoms with Crippen molar-refractivity contribution in [3.05, 3.63) is 41.9 Å². The summed E-state index contributed by atoms with van der Waals surface area (Å²) in [5.74, 6) is 0.812. The van der Waals surface area contributed by atoms with E-state index in [4.69, 9.17) is 7.85 Å². The number of anilines is 2. The molecule has 3 rings (SSSR count). The van der Waals surface area contributed by atoms with E-state index in [0.717, 1.165) is 6.07 Å². The minimum absolute atomic E-state index is 0.240. The van der Waals surface area contributed by atoms with Gasteiger partial charge in [-0.05, 0) is 19.1 Å². The van der Waals surface area contributed by atoms with Crippen LogP contribution < -0.4 is 10.8 Å². The molecule has 22 heavy (non-hydrogen) atoms. The fraction of sp³-hybridized carbons (Fsp3) is 0.154. The average molecular weight is 303 g/mol. The van der Waals surface area contributed by atoms with Crippen molar-refractivity contribution in [2.45, 2.75) is 13.1 Å². The van der Waals surface area contributed by atoms with Crippen LogP contribution in [0.2, 0.25) is 0 Å². The highest BCUT2D eigenvalue weighted by molar-refractivity contribution is 6.33. The Labute approximate surface area is 124 Å². The molecule has 0 amide bonds. The van der Waals surface area contributed by atoms with Crippen molar-refractivity contribution in [1.29, 1.82) is 0 Å². The van der Waals surface area contributed by atoms with Gasteiger partial charge in [0, 0.05) is 17.4 Å². The molecule has 0 spiro atoms. The summed E-state index contributed by atoms with van der Waals surface area (Å²) >= 11 is 0. The Morgan fingerprint density at radius 1 is 1.23 bits per heavy atom. The van der Waals surface area contributed by atoms with Crippen LogP contribution in [-0.4, -0.2) is 27.4 Å². The van der Waals surface area contributed by atoms with E-state index in [1.165, 1.54) is 23.0 Å². The number of alkyl halides is 3. The first-order valence-electron chi connectivity index (χ1n) is 6.26. The molecule has 0 aliphatic heterocycles. The van der Waals surface area contributed by atoms with Gasteiger partial charge in [-0.2, -0.15) is 27.8 Å². The van der Waals surface area contributed by atoms with Gasteiger partial charge in [0.2, 0.25) is 0 Å². The third-order valence-electron chi connectivity index (χ3n) is 3.01. The number of nitrogens with zero attached hydrogens (tertiary/aromatic N) is 4. The molecule has 0 atom stereocenters. The van der Waals surface area contributed by atoms with E-state index in [1.807, 2.05) is 0 Å². The van der Waals surface area contributed by atoms with Crippen molar-refractivity contribution in [3.63, 3.8) is 0 Å². The number of halogens is 3. The zero-order valence-corrected chi connectivity index (χ0v) is 11.4. The van der Waals surface area contributed by atoms with Crippen molar-refractivity contribution in [3.8, 4) is 0 Å². The maximum absolute atomic E-state index is 12.9. The summed E-state index contributed by atoms with van der Waals surface area (Å²) in [7, 11) is 5.38. The molecule has 2 heterocycles. The molecule has 5 nitrogen and oxygen atoms in total. The third-order valence-corrected chi connectivity index (χ3v) is 3.01. The van der Waals surface area contributed by atoms with Gasteiger partial charge in [0.05, 0.1) is 5.56 Å². The normalized spacial score (nSPS) is 11.8. The zero-order chi connectivity index (χ0) is 15.9. The van der Waals surface area contributed by atoms with Gasteiger partial charge in [0.1, 0.15) is 20.0 Å². The number of hydrogen-bond donors (Lipinski definition) is 1. The third kappa shape index (κ3) is 2.61. The number of aromatic nitrogens is 4. The van der Waals surface area contributed by atoms with Crippen molar-refractivity contribution in [1.82, 2.24) is 19.6 Å². The van der Waals surface area contributed by atoms with Crippen LogP contribution >= 0.6 is 0 Å². The van der Waals surface area contributed by atoms with Crippen LogP contribution in [0, 0.1) is 6.92 Å². The molecule has 1 aromatic carbocycles. The summed E-state index contributed by atoms with van der Waals surface area (Å²) in [4.78, 5) is 8.11. The molecule has 110 valence electrons. The molecular formula is C13H9BF3N5. The first-order chi connectivity index (χ1) is 10.3. The lowest BCUT2D eigenvalue weighted by Gasteiger charge is -2.14. The molecule has 0 aliphatic carbocycles. The molecule has 0 bridgehead atoms. The number of benzene rings is 1. The van der Waals surface area contributed by atoms with Crippen LogP contribution in [0.25, 0.3) is 5.78 Å². The summed E-state index contributed by atoms with van der Waals surface area (Å²) in [6.45, 7) is 1.75. The highest BCUT2D eigenvalue weighted by atomic mass is 19.4. The second kappa shape index (κ2) is 5.01. The van der Waals surface area contributed by atoms with Crippen LogP contribution in [-0.2, 0) is 6.18 Å². The van der Waals surface area contributed by atoms with E-state index in [0.29, 0.717) is 17.3 Å². The zero-order valence-electron chi connectivity index (χ0n) is 11.4. The average Bonchev–Trinajstić information content (AvgIpc) is 2.87. The molecule has 0 fully saturated rings. The van der Waals surface area contributed by atoms with Crippen LogP contribution in [0.3, 0.4) is 0 Å². The minimum Gasteiger partial charge on any atom is -0.340 e. The number of fused-ring (bicyclic) bond motifs is 1. The predicted octanol–water partition coefficient (Wildman–Crippen LogP) is 1.99. The summed E-state index contributed by atoms with van der Waals surface area (Å²) in [6, 6.07) is 5.28. The Kier molecular flexibility index (Phi) is 3.27. The van der Waals surface area contributed by atoms with Crippen molar-refractivity contribution in [2.24, 2.45) is 0 Å². The van der Waals surface area contributed by atoms with E-state index >= 15 is 0 Å². The number of aryl methyl sites for hydroxylation is 1. The van der Waals surface area contributed by atoms with Crippen molar-refractivity contribution < 1.29 is 13.2 Å². The number of hydrogen-bond acceptors (Lipinski definition) is 4. The van der Waals surface area contributed by atoms with E-state index in [2.05, 4.69) is 20.4 Å². The van der Waals surface area contributed by atoms with Crippen molar-refractivity contribution >= 4 is 30.6 Å². The van der Waals surface area contributed by atoms with Crippen LogP contribution in [0.5, 0.6) is 0 Å². The summed E-state index contributed by atoms with van der Waals surface area (Å²) in [5, 5.41) is 6.86. The SMILES string of the molecule is [B]c1ccc(Nc2cc(C)nc3ncnn23)cc1C(F)(F)F. The lowest BCUT2D eigenvalue weighted by Crippen LogP contribution is -2.20.